The molecular formula is C34H33F6N5O5. The Kier molecular flexibility index (Phi) is 10.6. The molecule has 2 aromatic carbocycles. The molecule has 0 spiro atoms. The molecule has 1 aromatic heterocycles. The van der Waals surface area contributed by atoms with Crippen LogP contribution in [0, 0.1) is 0 Å². The molecule has 1 unspecified atom stereocenters. The van der Waals surface area contributed by atoms with Gasteiger partial charge in [-0.05, 0) is 55.3 Å². The standard InChI is InChI=1S/C34H33F6N5O5/c1-2-20-49-31(48)42-27-6-3-4-7-28(27)43-16-18-44(19-17-43)30(47)32(50-24-10-8-23(9-11-24)33(35,36)37)13-5-15-45(22-32)29(46)25-21-41-14-12-26(25)34(38,39)40/h2-4,6-12,14,21H,1,5,13,15-20,22H2,(H,42,48). The Balaban J connectivity index is 1.39. The average Bonchev–Trinajstić information content (AvgIpc) is 3.10. The number of para-hydroxylation sites is 2. The van der Waals surface area contributed by atoms with Crippen molar-refractivity contribution in [2.75, 3.05) is 56.1 Å². The van der Waals surface area contributed by atoms with Gasteiger partial charge < -0.3 is 24.2 Å². The summed E-state index contributed by atoms with van der Waals surface area (Å²) in [5.74, 6) is -1.67. The van der Waals surface area contributed by atoms with Crippen molar-refractivity contribution >= 4 is 29.3 Å². The van der Waals surface area contributed by atoms with Gasteiger partial charge in [0.15, 0.2) is 0 Å². The molecule has 3 aromatic rings. The number of carbonyl (C=O) groups is 3. The molecule has 2 aliphatic heterocycles. The van der Waals surface area contributed by atoms with Crippen LogP contribution in [0.25, 0.3) is 0 Å². The number of hydrogen-bond donors (Lipinski definition) is 1. The molecule has 2 aliphatic rings. The highest BCUT2D eigenvalue weighted by molar-refractivity contribution is 5.97. The summed E-state index contributed by atoms with van der Waals surface area (Å²) in [6, 6.07) is 11.4. The zero-order chi connectivity index (χ0) is 36.1. The zero-order valence-electron chi connectivity index (χ0n) is 26.6. The maximum Gasteiger partial charge on any atom is 0.417 e. The number of ether oxygens (including phenoxy) is 2. The Bertz CT molecular complexity index is 1710. The topological polar surface area (TPSA) is 104 Å². The Labute approximate surface area is 283 Å². The quantitative estimate of drug-likeness (QED) is 0.218. The molecule has 0 saturated carbocycles. The lowest BCUT2D eigenvalue weighted by atomic mass is 9.89. The summed E-state index contributed by atoms with van der Waals surface area (Å²) in [7, 11) is 0. The fraction of sp³-hybridized carbons (Fsp3) is 0.353. The SMILES string of the molecule is C=CCOC(=O)Nc1ccccc1N1CCN(C(=O)C2(Oc3ccc(C(F)(F)F)cc3)CCCN(C(=O)c3cnccc3C(F)(F)F)C2)CC1. The highest BCUT2D eigenvalue weighted by Crippen LogP contribution is 2.36. The molecule has 2 fully saturated rings. The number of benzene rings is 2. The first kappa shape index (κ1) is 36.0. The largest absolute Gasteiger partial charge is 0.476 e. The first-order valence-electron chi connectivity index (χ1n) is 15.6. The van der Waals surface area contributed by atoms with Gasteiger partial charge in [-0.1, -0.05) is 24.8 Å². The molecule has 1 N–H and O–H groups in total. The van der Waals surface area contributed by atoms with Gasteiger partial charge in [0, 0.05) is 45.1 Å². The van der Waals surface area contributed by atoms with Gasteiger partial charge in [0.1, 0.15) is 12.4 Å². The molecule has 16 heteroatoms. The summed E-state index contributed by atoms with van der Waals surface area (Å²) >= 11 is 0. The lowest BCUT2D eigenvalue weighted by Crippen LogP contribution is -2.64. The van der Waals surface area contributed by atoms with E-state index in [1.165, 1.54) is 11.0 Å². The molecule has 266 valence electrons. The van der Waals surface area contributed by atoms with Crippen LogP contribution in [0.2, 0.25) is 0 Å². The van der Waals surface area contributed by atoms with Crippen molar-refractivity contribution in [1.82, 2.24) is 14.8 Å². The van der Waals surface area contributed by atoms with E-state index in [-0.39, 0.29) is 44.8 Å². The smallest absolute Gasteiger partial charge is 0.417 e. The second kappa shape index (κ2) is 14.7. The Morgan fingerprint density at radius 2 is 1.60 bits per heavy atom. The summed E-state index contributed by atoms with van der Waals surface area (Å²) in [5.41, 5.74) is -3.53. The molecular weight excluding hydrogens is 672 g/mol. The van der Waals surface area contributed by atoms with Crippen LogP contribution >= 0.6 is 0 Å². The Hall–Kier alpha value is -5.28. The Morgan fingerprint density at radius 1 is 0.900 bits per heavy atom. The molecule has 1 atom stereocenters. The number of alkyl halides is 6. The number of nitrogens with zero attached hydrogens (tertiary/aromatic N) is 4. The summed E-state index contributed by atoms with van der Waals surface area (Å²) in [6.07, 6.45) is -6.82. The highest BCUT2D eigenvalue weighted by atomic mass is 19.4. The maximum atomic E-state index is 14.4. The number of likely N-dealkylation sites (tertiary alicyclic amines) is 1. The van der Waals surface area contributed by atoms with Gasteiger partial charge in [-0.15, -0.1) is 0 Å². The third-order valence-electron chi connectivity index (χ3n) is 8.36. The number of aromatic nitrogens is 1. The van der Waals surface area contributed by atoms with E-state index >= 15 is 0 Å². The lowest BCUT2D eigenvalue weighted by molar-refractivity contribution is -0.153. The zero-order valence-corrected chi connectivity index (χ0v) is 26.6. The number of anilines is 2. The van der Waals surface area contributed by atoms with Gasteiger partial charge in [-0.25, -0.2) is 4.79 Å². The number of piperazine rings is 1. The number of halogens is 6. The second-order valence-corrected chi connectivity index (χ2v) is 11.7. The van der Waals surface area contributed by atoms with Gasteiger partial charge in [0.05, 0.1) is 34.6 Å². The van der Waals surface area contributed by atoms with Crippen LogP contribution in [0.4, 0.5) is 42.5 Å². The highest BCUT2D eigenvalue weighted by Gasteiger charge is 2.49. The summed E-state index contributed by atoms with van der Waals surface area (Å²) in [5, 5.41) is 2.68. The number of carbonyl (C=O) groups excluding carboxylic acids is 3. The van der Waals surface area contributed by atoms with Gasteiger partial charge >= 0.3 is 18.4 Å². The molecule has 0 aliphatic carbocycles. The Morgan fingerprint density at radius 3 is 2.26 bits per heavy atom. The molecule has 0 bridgehead atoms. The first-order valence-corrected chi connectivity index (χ1v) is 15.6. The maximum absolute atomic E-state index is 14.4. The number of rotatable bonds is 8. The minimum atomic E-state index is -4.85. The first-order chi connectivity index (χ1) is 23.7. The van der Waals surface area contributed by atoms with Crippen LogP contribution in [-0.4, -0.2) is 84.2 Å². The number of hydrogen-bond acceptors (Lipinski definition) is 7. The predicted octanol–water partition coefficient (Wildman–Crippen LogP) is 6.26. The third kappa shape index (κ3) is 8.12. The molecule has 3 heterocycles. The van der Waals surface area contributed by atoms with Crippen molar-refractivity contribution in [2.24, 2.45) is 0 Å². The van der Waals surface area contributed by atoms with Gasteiger partial charge in [-0.2, -0.15) is 26.3 Å². The minimum Gasteiger partial charge on any atom is -0.476 e. The average molecular weight is 706 g/mol. The van der Waals surface area contributed by atoms with Crippen LogP contribution in [0.3, 0.4) is 0 Å². The van der Waals surface area contributed by atoms with Crippen molar-refractivity contribution in [2.45, 2.75) is 30.8 Å². The van der Waals surface area contributed by atoms with Crippen molar-refractivity contribution in [1.29, 1.82) is 0 Å². The number of piperidine rings is 1. The predicted molar refractivity (Wildman–Crippen MR) is 170 cm³/mol. The summed E-state index contributed by atoms with van der Waals surface area (Å²) < 4.78 is 92.4. The van der Waals surface area contributed by atoms with Gasteiger partial charge in [-0.3, -0.25) is 19.9 Å². The van der Waals surface area contributed by atoms with E-state index in [1.807, 2.05) is 4.90 Å². The fourth-order valence-electron chi connectivity index (χ4n) is 5.99. The summed E-state index contributed by atoms with van der Waals surface area (Å²) in [6.45, 7) is 3.97. The van der Waals surface area contributed by atoms with Crippen molar-refractivity contribution in [3.05, 3.63) is 96.3 Å². The second-order valence-electron chi connectivity index (χ2n) is 11.7. The van der Waals surface area contributed by atoms with Gasteiger partial charge in [0.2, 0.25) is 5.60 Å². The lowest BCUT2D eigenvalue weighted by Gasteiger charge is -2.45. The number of nitrogens with one attached hydrogen (secondary N) is 1. The summed E-state index contributed by atoms with van der Waals surface area (Å²) in [4.78, 5) is 48.4. The normalized spacial score (nSPS) is 18.3. The van der Waals surface area contributed by atoms with E-state index < -0.39 is 59.1 Å². The van der Waals surface area contributed by atoms with E-state index in [0.717, 1.165) is 41.6 Å². The minimum absolute atomic E-state index is 0.00320. The fourth-order valence-corrected chi connectivity index (χ4v) is 5.99. The molecule has 2 saturated heterocycles. The number of pyridine rings is 1. The van der Waals surface area contributed by atoms with E-state index in [4.69, 9.17) is 9.47 Å². The number of amides is 3. The van der Waals surface area contributed by atoms with E-state index in [1.54, 1.807) is 24.3 Å². The van der Waals surface area contributed by atoms with Crippen LogP contribution in [-0.2, 0) is 21.9 Å². The van der Waals surface area contributed by atoms with Crippen molar-refractivity contribution in [3.8, 4) is 5.75 Å². The monoisotopic (exact) mass is 705 g/mol. The van der Waals surface area contributed by atoms with Crippen molar-refractivity contribution in [3.63, 3.8) is 0 Å². The molecule has 10 nitrogen and oxygen atoms in total. The molecule has 50 heavy (non-hydrogen) atoms. The molecule has 0 radical (unpaired) electrons. The molecule has 5 rings (SSSR count). The molecule has 3 amide bonds. The van der Waals surface area contributed by atoms with Crippen LogP contribution in [0.1, 0.15) is 34.3 Å². The van der Waals surface area contributed by atoms with E-state index in [0.29, 0.717) is 30.5 Å². The van der Waals surface area contributed by atoms with Crippen LogP contribution < -0.4 is 15.0 Å². The third-order valence-corrected chi connectivity index (χ3v) is 8.36. The van der Waals surface area contributed by atoms with E-state index in [9.17, 15) is 40.7 Å². The van der Waals surface area contributed by atoms with Crippen LogP contribution in [0.5, 0.6) is 5.75 Å². The van der Waals surface area contributed by atoms with E-state index in [2.05, 4.69) is 16.9 Å². The van der Waals surface area contributed by atoms with Gasteiger partial charge in [0.25, 0.3) is 11.8 Å². The van der Waals surface area contributed by atoms with Crippen LogP contribution in [0.15, 0.2) is 79.6 Å². The van der Waals surface area contributed by atoms with Crippen molar-refractivity contribution < 1.29 is 50.2 Å².